The first-order chi connectivity index (χ1) is 7.50. The van der Waals surface area contributed by atoms with Gasteiger partial charge in [0, 0.05) is 7.05 Å². The molecule has 1 aromatic rings. The Labute approximate surface area is 92.7 Å². The smallest absolute Gasteiger partial charge is 0.335 e. The van der Waals surface area contributed by atoms with Crippen LogP contribution < -0.4 is 10.2 Å². The average Bonchev–Trinajstić information content (AvgIpc) is 2.25. The highest BCUT2D eigenvalue weighted by molar-refractivity contribution is 6.04. The van der Waals surface area contributed by atoms with E-state index in [2.05, 4.69) is 5.32 Å². The first-order valence-corrected chi connectivity index (χ1v) is 4.91. The number of amides is 1. The second-order valence-electron chi connectivity index (χ2n) is 3.81. The van der Waals surface area contributed by atoms with E-state index in [4.69, 9.17) is 5.11 Å². The van der Waals surface area contributed by atoms with E-state index in [1.165, 1.54) is 12.1 Å². The van der Waals surface area contributed by atoms with Crippen molar-refractivity contribution in [2.75, 3.05) is 17.3 Å². The topological polar surface area (TPSA) is 69.6 Å². The van der Waals surface area contributed by atoms with Crippen molar-refractivity contribution in [3.8, 4) is 0 Å². The van der Waals surface area contributed by atoms with Crippen molar-refractivity contribution < 1.29 is 14.7 Å². The highest BCUT2D eigenvalue weighted by Crippen LogP contribution is 2.31. The molecule has 0 fully saturated rings. The lowest BCUT2D eigenvalue weighted by Crippen LogP contribution is -2.43. The lowest BCUT2D eigenvalue weighted by molar-refractivity contribution is -0.117. The van der Waals surface area contributed by atoms with Gasteiger partial charge in [-0.05, 0) is 25.1 Å². The van der Waals surface area contributed by atoms with Gasteiger partial charge in [-0.15, -0.1) is 0 Å². The summed E-state index contributed by atoms with van der Waals surface area (Å²) in [7, 11) is 1.81. The van der Waals surface area contributed by atoms with Crippen molar-refractivity contribution in [1.29, 1.82) is 0 Å². The van der Waals surface area contributed by atoms with Gasteiger partial charge in [0.1, 0.15) is 6.04 Å². The van der Waals surface area contributed by atoms with E-state index in [1.54, 1.807) is 13.0 Å². The molecule has 1 aliphatic heterocycles. The predicted molar refractivity (Wildman–Crippen MR) is 59.9 cm³/mol. The lowest BCUT2D eigenvalue weighted by Gasteiger charge is -2.33. The molecule has 2 N–H and O–H groups in total. The van der Waals surface area contributed by atoms with Crippen molar-refractivity contribution in [2.45, 2.75) is 13.0 Å². The molecule has 2 rings (SSSR count). The van der Waals surface area contributed by atoms with Crippen LogP contribution in [0.2, 0.25) is 0 Å². The van der Waals surface area contributed by atoms with E-state index < -0.39 is 5.97 Å². The number of hydrogen-bond acceptors (Lipinski definition) is 3. The SMILES string of the molecule is C[C@@H]1C(=O)Nc2cc(C(=O)O)ccc2N1C. The maximum absolute atomic E-state index is 11.5. The van der Waals surface area contributed by atoms with Crippen molar-refractivity contribution in [3.05, 3.63) is 23.8 Å². The Kier molecular flexibility index (Phi) is 2.30. The van der Waals surface area contributed by atoms with Crippen molar-refractivity contribution >= 4 is 23.3 Å². The molecule has 0 saturated carbocycles. The van der Waals surface area contributed by atoms with Gasteiger partial charge in [0.2, 0.25) is 5.91 Å². The number of carbonyl (C=O) groups is 2. The Bertz CT molecular complexity index is 470. The van der Waals surface area contributed by atoms with Crippen LogP contribution >= 0.6 is 0 Å². The molecule has 1 aromatic carbocycles. The zero-order valence-electron chi connectivity index (χ0n) is 9.02. The molecule has 5 heteroatoms. The lowest BCUT2D eigenvalue weighted by atomic mass is 10.1. The van der Waals surface area contributed by atoms with Crippen LogP contribution in [0.3, 0.4) is 0 Å². The minimum absolute atomic E-state index is 0.127. The van der Waals surface area contributed by atoms with E-state index in [1.807, 2.05) is 11.9 Å². The highest BCUT2D eigenvalue weighted by atomic mass is 16.4. The van der Waals surface area contributed by atoms with E-state index in [0.29, 0.717) is 5.69 Å². The summed E-state index contributed by atoms with van der Waals surface area (Å²) in [5, 5.41) is 11.5. The highest BCUT2D eigenvalue weighted by Gasteiger charge is 2.27. The zero-order chi connectivity index (χ0) is 11.9. The number of nitrogens with one attached hydrogen (secondary N) is 1. The van der Waals surface area contributed by atoms with Gasteiger partial charge in [0.15, 0.2) is 0 Å². The largest absolute Gasteiger partial charge is 0.478 e. The fourth-order valence-electron chi connectivity index (χ4n) is 1.70. The molecule has 5 nitrogen and oxygen atoms in total. The van der Waals surface area contributed by atoms with Crippen LogP contribution in [0.1, 0.15) is 17.3 Å². The average molecular weight is 220 g/mol. The number of benzene rings is 1. The van der Waals surface area contributed by atoms with Crippen LogP contribution in [0, 0.1) is 0 Å². The zero-order valence-corrected chi connectivity index (χ0v) is 9.02. The standard InChI is InChI=1S/C11H12N2O3/c1-6-10(14)12-8-5-7(11(15)16)3-4-9(8)13(6)2/h3-6H,1-2H3,(H,12,14)(H,15,16)/t6-/m1/s1. The summed E-state index contributed by atoms with van der Waals surface area (Å²) >= 11 is 0. The Morgan fingerprint density at radius 3 is 2.81 bits per heavy atom. The van der Waals surface area contributed by atoms with Gasteiger partial charge in [0.05, 0.1) is 16.9 Å². The number of hydrogen-bond donors (Lipinski definition) is 2. The van der Waals surface area contributed by atoms with Gasteiger partial charge in [-0.25, -0.2) is 4.79 Å². The first-order valence-electron chi connectivity index (χ1n) is 4.91. The fourth-order valence-corrected chi connectivity index (χ4v) is 1.70. The molecule has 0 aromatic heterocycles. The molecule has 0 radical (unpaired) electrons. The van der Waals surface area contributed by atoms with Crippen LogP contribution in [0.15, 0.2) is 18.2 Å². The van der Waals surface area contributed by atoms with Gasteiger partial charge in [-0.1, -0.05) is 0 Å². The third-order valence-electron chi connectivity index (χ3n) is 2.84. The van der Waals surface area contributed by atoms with Gasteiger partial charge < -0.3 is 15.3 Å². The van der Waals surface area contributed by atoms with Crippen LogP contribution in [-0.4, -0.2) is 30.1 Å². The summed E-state index contributed by atoms with van der Waals surface area (Å²) in [5.41, 5.74) is 1.55. The molecule has 1 aliphatic rings. The number of likely N-dealkylation sites (N-methyl/N-ethyl adjacent to an activating group) is 1. The Morgan fingerprint density at radius 1 is 1.50 bits per heavy atom. The summed E-state index contributed by atoms with van der Waals surface area (Å²) < 4.78 is 0. The van der Waals surface area contributed by atoms with Crippen LogP contribution in [0.25, 0.3) is 0 Å². The summed E-state index contributed by atoms with van der Waals surface area (Å²) in [4.78, 5) is 24.2. The number of carbonyl (C=O) groups excluding carboxylic acids is 1. The molecular formula is C11H12N2O3. The molecule has 1 atom stereocenters. The minimum atomic E-state index is -1.00. The van der Waals surface area contributed by atoms with Gasteiger partial charge in [-0.3, -0.25) is 4.79 Å². The molecular weight excluding hydrogens is 208 g/mol. The number of aromatic carboxylic acids is 1. The quantitative estimate of drug-likeness (QED) is 0.745. The maximum Gasteiger partial charge on any atom is 0.335 e. The van der Waals surface area contributed by atoms with Gasteiger partial charge in [0.25, 0.3) is 0 Å². The molecule has 16 heavy (non-hydrogen) atoms. The second kappa shape index (κ2) is 3.52. The van der Waals surface area contributed by atoms with E-state index >= 15 is 0 Å². The van der Waals surface area contributed by atoms with Gasteiger partial charge >= 0.3 is 5.97 Å². The molecule has 0 bridgehead atoms. The molecule has 84 valence electrons. The minimum Gasteiger partial charge on any atom is -0.478 e. The Balaban J connectivity index is 2.49. The molecule has 0 saturated heterocycles. The number of fused-ring (bicyclic) bond motifs is 1. The summed E-state index contributed by atoms with van der Waals surface area (Å²) in [6, 6.07) is 4.46. The van der Waals surface area contributed by atoms with Gasteiger partial charge in [-0.2, -0.15) is 0 Å². The van der Waals surface area contributed by atoms with Crippen LogP contribution in [-0.2, 0) is 4.79 Å². The van der Waals surface area contributed by atoms with Crippen molar-refractivity contribution in [3.63, 3.8) is 0 Å². The maximum atomic E-state index is 11.5. The number of carboxylic acids is 1. The normalized spacial score (nSPS) is 19.0. The van der Waals surface area contributed by atoms with Crippen molar-refractivity contribution in [2.24, 2.45) is 0 Å². The van der Waals surface area contributed by atoms with Crippen LogP contribution in [0.5, 0.6) is 0 Å². The molecule has 1 heterocycles. The summed E-state index contributed by atoms with van der Waals surface area (Å²) in [6.45, 7) is 1.80. The molecule has 0 aliphatic carbocycles. The molecule has 0 spiro atoms. The molecule has 1 amide bonds. The van der Waals surface area contributed by atoms with Crippen molar-refractivity contribution in [1.82, 2.24) is 0 Å². The number of anilines is 2. The first kappa shape index (κ1) is 10.5. The second-order valence-corrected chi connectivity index (χ2v) is 3.81. The molecule has 0 unspecified atom stereocenters. The van der Waals surface area contributed by atoms with E-state index in [-0.39, 0.29) is 17.5 Å². The van der Waals surface area contributed by atoms with E-state index in [0.717, 1.165) is 5.69 Å². The third kappa shape index (κ3) is 1.50. The predicted octanol–water partition coefficient (Wildman–Crippen LogP) is 1.16. The summed E-state index contributed by atoms with van der Waals surface area (Å²) in [5.74, 6) is -1.13. The number of carboxylic acid groups (broad SMARTS) is 1. The number of rotatable bonds is 1. The summed E-state index contributed by atoms with van der Waals surface area (Å²) in [6.07, 6.45) is 0. The third-order valence-corrected chi connectivity index (χ3v) is 2.84. The fraction of sp³-hybridized carbons (Fsp3) is 0.273. The Morgan fingerprint density at radius 2 is 2.19 bits per heavy atom. The van der Waals surface area contributed by atoms with Crippen LogP contribution in [0.4, 0.5) is 11.4 Å². The monoisotopic (exact) mass is 220 g/mol. The number of nitrogens with zero attached hydrogens (tertiary/aromatic N) is 1. The van der Waals surface area contributed by atoms with E-state index in [9.17, 15) is 9.59 Å². The Hall–Kier alpha value is -2.04.